The maximum Gasteiger partial charge on any atom is 0.343 e. The number of benzene rings is 1. The van der Waals surface area contributed by atoms with Crippen molar-refractivity contribution in [2.24, 2.45) is 0 Å². The van der Waals surface area contributed by atoms with E-state index in [1.54, 1.807) is 6.92 Å². The van der Waals surface area contributed by atoms with Gasteiger partial charge in [0.1, 0.15) is 11.4 Å². The van der Waals surface area contributed by atoms with Gasteiger partial charge in [0, 0.05) is 11.2 Å². The zero-order valence-electron chi connectivity index (χ0n) is 13.2. The van der Waals surface area contributed by atoms with E-state index in [0.29, 0.717) is 0 Å². The molecule has 134 valence electrons. The number of ether oxygens (including phenoxy) is 1. The SMILES string of the molecule is CCOC(=O)c1cn(-c2ccc(Cl)cc2F)c2nc(Cl)c(F)cc2c1=O. The summed E-state index contributed by atoms with van der Waals surface area (Å²) in [5.41, 5.74) is -1.36. The van der Waals surface area contributed by atoms with Crippen molar-refractivity contribution < 1.29 is 18.3 Å². The number of carbonyl (C=O) groups excluding carboxylic acids is 1. The normalized spacial score (nSPS) is 11.0. The number of hydrogen-bond acceptors (Lipinski definition) is 4. The van der Waals surface area contributed by atoms with Gasteiger partial charge < -0.3 is 4.74 Å². The van der Waals surface area contributed by atoms with Crippen LogP contribution in [0.4, 0.5) is 8.78 Å². The first-order valence-corrected chi connectivity index (χ1v) is 8.13. The fraction of sp³-hybridized carbons (Fsp3) is 0.118. The standard InChI is InChI=1S/C17H10Cl2F2N2O3/c1-2-26-17(25)10-7-23(13-4-3-8(18)5-11(13)20)16-9(14(10)24)6-12(21)15(19)22-16/h3-7H,2H2,1H3. The Morgan fingerprint density at radius 1 is 1.23 bits per heavy atom. The van der Waals surface area contributed by atoms with Crippen molar-refractivity contribution in [2.75, 3.05) is 6.61 Å². The van der Waals surface area contributed by atoms with E-state index in [1.807, 2.05) is 0 Å². The molecule has 9 heteroatoms. The highest BCUT2D eigenvalue weighted by Gasteiger charge is 2.21. The second-order valence-corrected chi connectivity index (χ2v) is 5.98. The molecule has 2 aromatic heterocycles. The third-order valence-electron chi connectivity index (χ3n) is 3.55. The average molecular weight is 399 g/mol. The van der Waals surface area contributed by atoms with Gasteiger partial charge >= 0.3 is 5.97 Å². The third kappa shape index (κ3) is 3.15. The molecule has 0 unspecified atom stereocenters. The smallest absolute Gasteiger partial charge is 0.343 e. The first-order chi connectivity index (χ1) is 12.3. The molecule has 5 nitrogen and oxygen atoms in total. The highest BCUT2D eigenvalue weighted by molar-refractivity contribution is 6.30. The van der Waals surface area contributed by atoms with Crippen LogP contribution in [-0.2, 0) is 4.74 Å². The van der Waals surface area contributed by atoms with Crippen molar-refractivity contribution in [3.63, 3.8) is 0 Å². The van der Waals surface area contributed by atoms with Gasteiger partial charge in [-0.25, -0.2) is 18.6 Å². The minimum atomic E-state index is -0.944. The van der Waals surface area contributed by atoms with E-state index >= 15 is 0 Å². The van der Waals surface area contributed by atoms with Gasteiger partial charge in [-0.2, -0.15) is 0 Å². The highest BCUT2D eigenvalue weighted by atomic mass is 35.5. The fourth-order valence-corrected chi connectivity index (χ4v) is 2.71. The maximum absolute atomic E-state index is 14.4. The Bertz CT molecular complexity index is 1100. The summed E-state index contributed by atoms with van der Waals surface area (Å²) in [5, 5.41) is -0.588. The summed E-state index contributed by atoms with van der Waals surface area (Å²) >= 11 is 11.5. The maximum atomic E-state index is 14.4. The number of fused-ring (bicyclic) bond motifs is 1. The summed E-state index contributed by atoms with van der Waals surface area (Å²) in [6, 6.07) is 4.64. The van der Waals surface area contributed by atoms with Gasteiger partial charge in [-0.1, -0.05) is 23.2 Å². The van der Waals surface area contributed by atoms with E-state index in [-0.39, 0.29) is 28.4 Å². The van der Waals surface area contributed by atoms with Crippen LogP contribution in [0.15, 0.2) is 35.3 Å². The Labute approximate surface area is 155 Å². The van der Waals surface area contributed by atoms with Gasteiger partial charge in [0.15, 0.2) is 16.6 Å². The zero-order chi connectivity index (χ0) is 19.0. The number of aromatic nitrogens is 2. The Morgan fingerprint density at radius 3 is 2.62 bits per heavy atom. The molecule has 1 aromatic carbocycles. The second-order valence-electron chi connectivity index (χ2n) is 5.19. The molecule has 0 saturated heterocycles. The Balaban J connectivity index is 2.43. The van der Waals surface area contributed by atoms with E-state index in [9.17, 15) is 18.4 Å². The van der Waals surface area contributed by atoms with Crippen LogP contribution < -0.4 is 5.43 Å². The predicted octanol–water partition coefficient (Wildman–Crippen LogP) is 4.15. The number of rotatable bonds is 3. The van der Waals surface area contributed by atoms with Crippen molar-refractivity contribution in [2.45, 2.75) is 6.92 Å². The summed E-state index contributed by atoms with van der Waals surface area (Å²) < 4.78 is 34.2. The summed E-state index contributed by atoms with van der Waals surface area (Å²) in [6.45, 7) is 1.59. The van der Waals surface area contributed by atoms with E-state index in [0.717, 1.165) is 22.9 Å². The van der Waals surface area contributed by atoms with Crippen LogP contribution in [0.5, 0.6) is 0 Å². The molecule has 2 heterocycles. The Kier molecular flexibility index (Phi) is 4.93. The molecule has 0 atom stereocenters. The number of pyridine rings is 2. The number of nitrogens with zero attached hydrogens (tertiary/aromatic N) is 2. The lowest BCUT2D eigenvalue weighted by atomic mass is 10.1. The molecule has 0 aliphatic heterocycles. The fourth-order valence-electron chi connectivity index (χ4n) is 2.42. The van der Waals surface area contributed by atoms with Crippen LogP contribution in [0.3, 0.4) is 0 Å². The van der Waals surface area contributed by atoms with Crippen LogP contribution in [0.25, 0.3) is 16.7 Å². The Hall–Kier alpha value is -2.51. The lowest BCUT2D eigenvalue weighted by Crippen LogP contribution is -2.21. The monoisotopic (exact) mass is 398 g/mol. The summed E-state index contributed by atoms with van der Waals surface area (Å²) in [7, 11) is 0. The van der Waals surface area contributed by atoms with Crippen LogP contribution in [0.1, 0.15) is 17.3 Å². The molecule has 0 aliphatic carbocycles. The second kappa shape index (κ2) is 7.01. The molecule has 0 radical (unpaired) electrons. The quantitative estimate of drug-likeness (QED) is 0.491. The molecular weight excluding hydrogens is 389 g/mol. The number of hydrogen-bond donors (Lipinski definition) is 0. The van der Waals surface area contributed by atoms with Crippen molar-refractivity contribution in [1.29, 1.82) is 0 Å². The molecule has 0 fully saturated rings. The van der Waals surface area contributed by atoms with Crippen molar-refractivity contribution in [3.8, 4) is 5.69 Å². The van der Waals surface area contributed by atoms with Crippen molar-refractivity contribution in [3.05, 3.63) is 68.1 Å². The molecule has 0 spiro atoms. The largest absolute Gasteiger partial charge is 0.462 e. The van der Waals surface area contributed by atoms with Gasteiger partial charge in [-0.05, 0) is 31.2 Å². The van der Waals surface area contributed by atoms with Gasteiger partial charge in [-0.3, -0.25) is 9.36 Å². The van der Waals surface area contributed by atoms with Crippen LogP contribution in [0, 0.1) is 11.6 Å². The van der Waals surface area contributed by atoms with E-state index in [4.69, 9.17) is 27.9 Å². The molecule has 0 saturated carbocycles. The summed E-state index contributed by atoms with van der Waals surface area (Å²) in [6.07, 6.45) is 1.08. The minimum absolute atomic E-state index is 0.0266. The lowest BCUT2D eigenvalue weighted by Gasteiger charge is -2.14. The summed E-state index contributed by atoms with van der Waals surface area (Å²) in [4.78, 5) is 28.5. The Morgan fingerprint density at radius 2 is 1.96 bits per heavy atom. The van der Waals surface area contributed by atoms with Crippen LogP contribution in [0.2, 0.25) is 10.2 Å². The molecular formula is C17H10Cl2F2N2O3. The van der Waals surface area contributed by atoms with E-state index in [1.165, 1.54) is 12.1 Å². The van der Waals surface area contributed by atoms with Gasteiger partial charge in [0.05, 0.1) is 17.7 Å². The highest BCUT2D eigenvalue weighted by Crippen LogP contribution is 2.24. The van der Waals surface area contributed by atoms with Crippen molar-refractivity contribution in [1.82, 2.24) is 9.55 Å². The van der Waals surface area contributed by atoms with Crippen LogP contribution in [-0.4, -0.2) is 22.1 Å². The number of halogens is 4. The van der Waals surface area contributed by atoms with Gasteiger partial charge in [0.2, 0.25) is 5.43 Å². The molecule has 0 aliphatic rings. The van der Waals surface area contributed by atoms with Gasteiger partial charge in [-0.15, -0.1) is 0 Å². The minimum Gasteiger partial charge on any atom is -0.462 e. The molecule has 3 rings (SSSR count). The lowest BCUT2D eigenvalue weighted by molar-refractivity contribution is 0.0524. The van der Waals surface area contributed by atoms with Crippen LogP contribution >= 0.6 is 23.2 Å². The zero-order valence-corrected chi connectivity index (χ0v) is 14.7. The first-order valence-electron chi connectivity index (χ1n) is 7.37. The predicted molar refractivity (Wildman–Crippen MR) is 93.2 cm³/mol. The summed E-state index contributed by atoms with van der Waals surface area (Å²) in [5.74, 6) is -2.60. The molecule has 0 N–H and O–H groups in total. The topological polar surface area (TPSA) is 61.2 Å². The van der Waals surface area contributed by atoms with Gasteiger partial charge in [0.25, 0.3) is 0 Å². The average Bonchev–Trinajstić information content (AvgIpc) is 2.58. The molecule has 0 bridgehead atoms. The first kappa shape index (κ1) is 18.3. The molecule has 0 amide bonds. The molecule has 26 heavy (non-hydrogen) atoms. The number of carbonyl (C=O) groups is 1. The number of esters is 1. The van der Waals surface area contributed by atoms with E-state index in [2.05, 4.69) is 4.98 Å². The van der Waals surface area contributed by atoms with Crippen molar-refractivity contribution >= 4 is 40.2 Å². The van der Waals surface area contributed by atoms with E-state index < -0.39 is 33.7 Å². The molecule has 3 aromatic rings. The third-order valence-corrected chi connectivity index (χ3v) is 4.05.